The molecule has 112 valence electrons. The molecular formula is C16H13ClFN3O. The first-order valence-electron chi connectivity index (χ1n) is 7.10. The van der Waals surface area contributed by atoms with Gasteiger partial charge in [0, 0.05) is 21.8 Å². The molecule has 0 bridgehead atoms. The van der Waals surface area contributed by atoms with Gasteiger partial charge in [-0.3, -0.25) is 0 Å². The molecule has 0 spiro atoms. The van der Waals surface area contributed by atoms with E-state index in [4.69, 9.17) is 11.6 Å². The van der Waals surface area contributed by atoms with Crippen molar-refractivity contribution in [1.82, 2.24) is 14.6 Å². The fourth-order valence-corrected chi connectivity index (χ4v) is 2.90. The van der Waals surface area contributed by atoms with Crippen molar-refractivity contribution in [2.75, 3.05) is 0 Å². The van der Waals surface area contributed by atoms with Gasteiger partial charge in [0.05, 0.1) is 0 Å². The average molecular weight is 318 g/mol. The van der Waals surface area contributed by atoms with Crippen molar-refractivity contribution in [2.45, 2.75) is 25.7 Å². The van der Waals surface area contributed by atoms with E-state index in [1.54, 1.807) is 31.2 Å². The first-order chi connectivity index (χ1) is 10.6. The van der Waals surface area contributed by atoms with Gasteiger partial charge in [-0.1, -0.05) is 23.7 Å². The molecule has 2 aromatic heterocycles. The smallest absolute Gasteiger partial charge is 0.219 e. The number of hydrogen-bond acceptors (Lipinski definition) is 3. The molecule has 1 saturated carbocycles. The number of fused-ring (bicyclic) bond motifs is 1. The van der Waals surface area contributed by atoms with Gasteiger partial charge in [-0.25, -0.2) is 9.37 Å². The van der Waals surface area contributed by atoms with Crippen molar-refractivity contribution in [3.63, 3.8) is 0 Å². The lowest BCUT2D eigenvalue weighted by atomic mass is 10.1. The van der Waals surface area contributed by atoms with Crippen LogP contribution in [0.3, 0.4) is 0 Å². The van der Waals surface area contributed by atoms with Crippen molar-refractivity contribution in [3.8, 4) is 17.1 Å². The zero-order valence-corrected chi connectivity index (χ0v) is 12.6. The fraction of sp³-hybridized carbons (Fsp3) is 0.250. The van der Waals surface area contributed by atoms with Crippen LogP contribution < -0.4 is 0 Å². The van der Waals surface area contributed by atoms with E-state index in [0.29, 0.717) is 22.2 Å². The lowest BCUT2D eigenvalue weighted by molar-refractivity contribution is 0.426. The lowest BCUT2D eigenvalue weighted by Crippen LogP contribution is -2.00. The fourth-order valence-electron chi connectivity index (χ4n) is 2.77. The van der Waals surface area contributed by atoms with Gasteiger partial charge in [0.1, 0.15) is 5.69 Å². The Hall–Kier alpha value is -2.14. The minimum Gasteiger partial charge on any atom is -0.493 e. The summed E-state index contributed by atoms with van der Waals surface area (Å²) in [5, 5.41) is 15.2. The first kappa shape index (κ1) is 13.5. The van der Waals surface area contributed by atoms with Crippen LogP contribution in [0.5, 0.6) is 5.88 Å². The molecule has 0 unspecified atom stereocenters. The zero-order chi connectivity index (χ0) is 15.4. The summed E-state index contributed by atoms with van der Waals surface area (Å²) >= 11 is 5.85. The Labute approximate surface area is 131 Å². The Morgan fingerprint density at radius 2 is 1.95 bits per heavy atom. The van der Waals surface area contributed by atoms with Crippen LogP contribution in [0.25, 0.3) is 16.9 Å². The molecular weight excluding hydrogens is 305 g/mol. The third kappa shape index (κ3) is 1.96. The van der Waals surface area contributed by atoms with Crippen LogP contribution in [-0.2, 0) is 0 Å². The molecule has 0 amide bonds. The Balaban J connectivity index is 1.96. The predicted octanol–water partition coefficient (Wildman–Crippen LogP) is 4.08. The van der Waals surface area contributed by atoms with Crippen LogP contribution in [0.4, 0.5) is 4.39 Å². The van der Waals surface area contributed by atoms with Gasteiger partial charge >= 0.3 is 0 Å². The maximum absolute atomic E-state index is 14.6. The van der Waals surface area contributed by atoms with Crippen LogP contribution in [0.2, 0.25) is 5.02 Å². The highest BCUT2D eigenvalue weighted by Gasteiger charge is 2.31. The number of halogens is 2. The SMILES string of the molecule is Cc1nc2c(F)c(-c3ccc(Cl)cc3)nn2c(O)c1C1CC1. The third-order valence-corrected chi connectivity index (χ3v) is 4.27. The Morgan fingerprint density at radius 3 is 2.59 bits per heavy atom. The summed E-state index contributed by atoms with van der Waals surface area (Å²) in [6.45, 7) is 1.79. The van der Waals surface area contributed by atoms with Crippen LogP contribution in [0.15, 0.2) is 24.3 Å². The highest BCUT2D eigenvalue weighted by Crippen LogP contribution is 2.45. The van der Waals surface area contributed by atoms with Gasteiger partial charge in [-0.2, -0.15) is 9.61 Å². The molecule has 1 aromatic carbocycles. The van der Waals surface area contributed by atoms with Crippen molar-refractivity contribution < 1.29 is 9.50 Å². The van der Waals surface area contributed by atoms with Gasteiger partial charge in [0.25, 0.3) is 0 Å². The maximum Gasteiger partial charge on any atom is 0.219 e. The molecule has 2 heterocycles. The average Bonchev–Trinajstić information content (AvgIpc) is 3.26. The number of aromatic nitrogens is 3. The third-order valence-electron chi connectivity index (χ3n) is 4.01. The van der Waals surface area contributed by atoms with E-state index in [0.717, 1.165) is 18.4 Å². The molecule has 4 rings (SSSR count). The minimum atomic E-state index is -0.539. The van der Waals surface area contributed by atoms with Crippen molar-refractivity contribution in [1.29, 1.82) is 0 Å². The van der Waals surface area contributed by atoms with Crippen molar-refractivity contribution >= 4 is 17.2 Å². The van der Waals surface area contributed by atoms with Crippen LogP contribution in [0.1, 0.15) is 30.0 Å². The van der Waals surface area contributed by atoms with Gasteiger partial charge in [0.2, 0.25) is 5.88 Å². The van der Waals surface area contributed by atoms with E-state index in [9.17, 15) is 9.50 Å². The van der Waals surface area contributed by atoms with Gasteiger partial charge < -0.3 is 5.11 Å². The van der Waals surface area contributed by atoms with Gasteiger partial charge in [0.15, 0.2) is 11.5 Å². The van der Waals surface area contributed by atoms with E-state index < -0.39 is 5.82 Å². The number of hydrogen-bond donors (Lipinski definition) is 1. The summed E-state index contributed by atoms with van der Waals surface area (Å²) in [6, 6.07) is 6.74. The quantitative estimate of drug-likeness (QED) is 0.774. The number of nitrogens with zero attached hydrogens (tertiary/aromatic N) is 3. The summed E-state index contributed by atoms with van der Waals surface area (Å²) in [4.78, 5) is 4.30. The van der Waals surface area contributed by atoms with Gasteiger partial charge in [-0.15, -0.1) is 0 Å². The summed E-state index contributed by atoms with van der Waals surface area (Å²) in [6.07, 6.45) is 2.05. The molecule has 6 heteroatoms. The normalized spacial score (nSPS) is 14.7. The summed E-state index contributed by atoms with van der Waals surface area (Å²) in [5.41, 5.74) is 2.24. The largest absolute Gasteiger partial charge is 0.493 e. The molecule has 1 fully saturated rings. The maximum atomic E-state index is 14.6. The molecule has 1 aliphatic carbocycles. The summed E-state index contributed by atoms with van der Waals surface area (Å²) < 4.78 is 15.8. The van der Waals surface area contributed by atoms with Crippen LogP contribution >= 0.6 is 11.6 Å². The zero-order valence-electron chi connectivity index (χ0n) is 11.8. The first-order valence-corrected chi connectivity index (χ1v) is 7.47. The van der Waals surface area contributed by atoms with Crippen molar-refractivity contribution in [2.24, 2.45) is 0 Å². The second kappa shape index (κ2) is 4.68. The highest BCUT2D eigenvalue weighted by atomic mass is 35.5. The summed E-state index contributed by atoms with van der Waals surface area (Å²) in [7, 11) is 0. The van der Waals surface area contributed by atoms with E-state index in [2.05, 4.69) is 10.1 Å². The standard InChI is InChI=1S/C16H13ClFN3O/c1-8-12(9-2-3-9)16(22)21-15(19-8)13(18)14(20-21)10-4-6-11(17)7-5-10/h4-7,9,22H,2-3H2,1H3. The molecule has 0 atom stereocenters. The monoisotopic (exact) mass is 317 g/mol. The Kier molecular flexibility index (Phi) is 2.87. The molecule has 1 N–H and O–H groups in total. The van der Waals surface area contributed by atoms with Crippen LogP contribution in [-0.4, -0.2) is 19.7 Å². The molecule has 0 aliphatic heterocycles. The number of aryl methyl sites for hydroxylation is 1. The highest BCUT2D eigenvalue weighted by molar-refractivity contribution is 6.30. The molecule has 4 nitrogen and oxygen atoms in total. The topological polar surface area (TPSA) is 50.4 Å². The van der Waals surface area contributed by atoms with E-state index in [1.165, 1.54) is 4.52 Å². The van der Waals surface area contributed by atoms with Gasteiger partial charge in [-0.05, 0) is 37.8 Å². The van der Waals surface area contributed by atoms with E-state index in [-0.39, 0.29) is 17.2 Å². The Bertz CT molecular complexity index is 885. The summed E-state index contributed by atoms with van der Waals surface area (Å²) in [5.74, 6) is -0.240. The number of benzene rings is 1. The Morgan fingerprint density at radius 1 is 1.27 bits per heavy atom. The van der Waals surface area contributed by atoms with E-state index in [1.807, 2.05) is 0 Å². The van der Waals surface area contributed by atoms with E-state index >= 15 is 0 Å². The number of rotatable bonds is 2. The molecule has 0 radical (unpaired) electrons. The molecule has 1 aliphatic rings. The second-order valence-corrected chi connectivity index (χ2v) is 6.05. The minimum absolute atomic E-state index is 0.0101. The number of aromatic hydroxyl groups is 1. The molecule has 0 saturated heterocycles. The van der Waals surface area contributed by atoms with Crippen LogP contribution in [0, 0.1) is 12.7 Å². The molecule has 22 heavy (non-hydrogen) atoms. The van der Waals surface area contributed by atoms with Crippen molar-refractivity contribution in [3.05, 3.63) is 46.4 Å². The predicted molar refractivity (Wildman–Crippen MR) is 81.8 cm³/mol. The molecule has 3 aromatic rings. The second-order valence-electron chi connectivity index (χ2n) is 5.61. The lowest BCUT2D eigenvalue weighted by Gasteiger charge is -2.07.